The topological polar surface area (TPSA) is 38.9 Å². The predicted molar refractivity (Wildman–Crippen MR) is 86.9 cm³/mol. The maximum absolute atomic E-state index is 5.83. The quantitative estimate of drug-likeness (QED) is 0.848. The summed E-state index contributed by atoms with van der Waals surface area (Å²) in [5.74, 6) is 0. The van der Waals surface area contributed by atoms with Gasteiger partial charge in [-0.25, -0.2) is 4.98 Å². The van der Waals surface area contributed by atoms with Gasteiger partial charge in [0.2, 0.25) is 0 Å². The molecule has 19 heavy (non-hydrogen) atoms. The molecule has 4 heteroatoms. The van der Waals surface area contributed by atoms with E-state index in [0.717, 1.165) is 21.1 Å². The Bertz CT molecular complexity index is 604. The highest BCUT2D eigenvalue weighted by Gasteiger charge is 2.24. The molecule has 0 aliphatic carbocycles. The molecule has 0 bridgehead atoms. The minimum Gasteiger partial charge on any atom is -0.389 e. The summed E-state index contributed by atoms with van der Waals surface area (Å²) in [7, 11) is 0. The number of rotatable bonds is 2. The van der Waals surface area contributed by atoms with Gasteiger partial charge in [-0.2, -0.15) is 0 Å². The maximum Gasteiger partial charge on any atom is 0.124 e. The van der Waals surface area contributed by atoms with E-state index in [1.54, 1.807) is 11.3 Å². The number of hydrogen-bond donors (Lipinski definition) is 1. The molecule has 0 amide bonds. The summed E-state index contributed by atoms with van der Waals surface area (Å²) < 4.78 is 0. The highest BCUT2D eigenvalue weighted by molar-refractivity contribution is 7.81. The van der Waals surface area contributed by atoms with Crippen LogP contribution in [0.3, 0.4) is 0 Å². The van der Waals surface area contributed by atoms with E-state index in [2.05, 4.69) is 52.0 Å². The molecular formula is C15H18N2S2. The minimum atomic E-state index is -0.0573. The molecule has 0 saturated heterocycles. The van der Waals surface area contributed by atoms with Gasteiger partial charge < -0.3 is 5.73 Å². The summed E-state index contributed by atoms with van der Waals surface area (Å²) in [6.07, 6.45) is 0. The number of thiazole rings is 1. The number of aryl methyl sites for hydroxylation is 1. The second-order valence-corrected chi connectivity index (χ2v) is 7.12. The van der Waals surface area contributed by atoms with Crippen LogP contribution in [0.5, 0.6) is 0 Å². The first-order chi connectivity index (χ1) is 8.79. The minimum absolute atomic E-state index is 0.0573. The normalized spacial score (nSPS) is 11.6. The lowest BCUT2D eigenvalue weighted by atomic mass is 9.91. The zero-order valence-electron chi connectivity index (χ0n) is 11.7. The first kappa shape index (κ1) is 14.2. The number of thiocarbonyl (C=S) groups is 1. The fraction of sp³-hybridized carbons (Fsp3) is 0.333. The van der Waals surface area contributed by atoms with Crippen molar-refractivity contribution in [2.75, 3.05) is 0 Å². The van der Waals surface area contributed by atoms with Crippen LogP contribution in [0.1, 0.15) is 36.9 Å². The zero-order chi connectivity index (χ0) is 14.2. The Morgan fingerprint density at radius 3 is 2.21 bits per heavy atom. The summed E-state index contributed by atoms with van der Waals surface area (Å²) in [5.41, 5.74) is 9.11. The molecule has 1 aromatic carbocycles. The lowest BCUT2D eigenvalue weighted by Gasteiger charge is -2.16. The number of aromatic nitrogens is 1. The molecule has 2 rings (SSSR count). The molecule has 0 unspecified atom stereocenters. The average molecular weight is 290 g/mol. The monoisotopic (exact) mass is 290 g/mol. The van der Waals surface area contributed by atoms with Gasteiger partial charge in [0, 0.05) is 11.0 Å². The first-order valence-electron chi connectivity index (χ1n) is 6.17. The van der Waals surface area contributed by atoms with Gasteiger partial charge in [-0.1, -0.05) is 62.8 Å². The van der Waals surface area contributed by atoms with Gasteiger partial charge >= 0.3 is 0 Å². The molecule has 0 aliphatic heterocycles. The second kappa shape index (κ2) is 5.02. The third-order valence-corrected chi connectivity index (χ3v) is 4.33. The van der Waals surface area contributed by atoms with Crippen molar-refractivity contribution in [2.24, 2.45) is 5.73 Å². The number of benzene rings is 1. The molecule has 0 radical (unpaired) electrons. The van der Waals surface area contributed by atoms with E-state index >= 15 is 0 Å². The second-order valence-electron chi connectivity index (χ2n) is 5.68. The Labute approximate surface area is 123 Å². The summed E-state index contributed by atoms with van der Waals surface area (Å²) in [6, 6.07) is 8.36. The number of nitrogens with zero attached hydrogens (tertiary/aromatic N) is 1. The summed E-state index contributed by atoms with van der Waals surface area (Å²) in [6.45, 7) is 8.46. The van der Waals surface area contributed by atoms with E-state index < -0.39 is 0 Å². The van der Waals surface area contributed by atoms with Crippen LogP contribution in [0.4, 0.5) is 0 Å². The van der Waals surface area contributed by atoms with Gasteiger partial charge in [-0.05, 0) is 6.92 Å². The molecule has 2 N–H and O–H groups in total. The van der Waals surface area contributed by atoms with E-state index in [1.165, 1.54) is 5.56 Å². The van der Waals surface area contributed by atoms with Gasteiger partial charge in [0.25, 0.3) is 0 Å². The molecule has 0 atom stereocenters. The van der Waals surface area contributed by atoms with Crippen molar-refractivity contribution in [3.05, 3.63) is 40.4 Å². The van der Waals surface area contributed by atoms with Gasteiger partial charge in [0.15, 0.2) is 0 Å². The third-order valence-electron chi connectivity index (χ3n) is 2.86. The SMILES string of the molecule is Cc1ccc(-c2nc(C(C)(C)C)c(C(N)=S)s2)cc1. The van der Waals surface area contributed by atoms with Crippen molar-refractivity contribution >= 4 is 28.5 Å². The van der Waals surface area contributed by atoms with E-state index in [4.69, 9.17) is 22.9 Å². The van der Waals surface area contributed by atoms with Crippen molar-refractivity contribution in [2.45, 2.75) is 33.1 Å². The first-order valence-corrected chi connectivity index (χ1v) is 7.39. The van der Waals surface area contributed by atoms with Crippen LogP contribution < -0.4 is 5.73 Å². The molecule has 0 aliphatic rings. The van der Waals surface area contributed by atoms with E-state index in [1.807, 2.05) is 0 Å². The van der Waals surface area contributed by atoms with Crippen LogP contribution in [-0.4, -0.2) is 9.97 Å². The third kappa shape index (κ3) is 3.01. The van der Waals surface area contributed by atoms with Gasteiger partial charge in [0.05, 0.1) is 10.6 Å². The molecule has 0 saturated carbocycles. The number of hydrogen-bond acceptors (Lipinski definition) is 3. The van der Waals surface area contributed by atoms with Crippen LogP contribution in [0.2, 0.25) is 0 Å². The molecule has 100 valence electrons. The predicted octanol–water partition coefficient (Wildman–Crippen LogP) is 4.05. The molecular weight excluding hydrogens is 272 g/mol. The lowest BCUT2D eigenvalue weighted by molar-refractivity contribution is 0.572. The Morgan fingerprint density at radius 2 is 1.79 bits per heavy atom. The molecule has 0 spiro atoms. The lowest BCUT2D eigenvalue weighted by Crippen LogP contribution is -2.19. The smallest absolute Gasteiger partial charge is 0.124 e. The number of nitrogens with two attached hydrogens (primary N) is 1. The Kier molecular flexibility index (Phi) is 3.74. The molecule has 1 heterocycles. The highest BCUT2D eigenvalue weighted by atomic mass is 32.1. The van der Waals surface area contributed by atoms with Gasteiger partial charge in [-0.15, -0.1) is 11.3 Å². The fourth-order valence-electron chi connectivity index (χ4n) is 1.82. The van der Waals surface area contributed by atoms with Gasteiger partial charge in [-0.3, -0.25) is 0 Å². The maximum atomic E-state index is 5.83. The van der Waals surface area contributed by atoms with Crippen LogP contribution in [0, 0.1) is 6.92 Å². The van der Waals surface area contributed by atoms with Crippen LogP contribution >= 0.6 is 23.6 Å². The Hall–Kier alpha value is -1.26. The molecule has 1 aromatic heterocycles. The molecule has 0 fully saturated rings. The van der Waals surface area contributed by atoms with Crippen molar-refractivity contribution in [3.8, 4) is 10.6 Å². The largest absolute Gasteiger partial charge is 0.389 e. The highest BCUT2D eigenvalue weighted by Crippen LogP contribution is 2.34. The Balaban J connectivity index is 2.55. The summed E-state index contributed by atoms with van der Waals surface area (Å²) in [5, 5.41) is 0.979. The van der Waals surface area contributed by atoms with Gasteiger partial charge in [0.1, 0.15) is 10.00 Å². The van der Waals surface area contributed by atoms with Crippen LogP contribution in [0.25, 0.3) is 10.6 Å². The standard InChI is InChI=1S/C15H18N2S2/c1-9-5-7-10(8-6-9)14-17-12(15(2,3)4)11(19-14)13(16)18/h5-8H,1-4H3,(H2,16,18). The summed E-state index contributed by atoms with van der Waals surface area (Å²) in [4.78, 5) is 6.11. The van der Waals surface area contributed by atoms with E-state index in [-0.39, 0.29) is 5.41 Å². The van der Waals surface area contributed by atoms with Crippen LogP contribution in [-0.2, 0) is 5.41 Å². The van der Waals surface area contributed by atoms with E-state index in [9.17, 15) is 0 Å². The zero-order valence-corrected chi connectivity index (χ0v) is 13.3. The molecule has 2 aromatic rings. The van der Waals surface area contributed by atoms with Crippen molar-refractivity contribution in [3.63, 3.8) is 0 Å². The van der Waals surface area contributed by atoms with Crippen molar-refractivity contribution in [1.82, 2.24) is 4.98 Å². The Morgan fingerprint density at radius 1 is 1.21 bits per heavy atom. The van der Waals surface area contributed by atoms with E-state index in [0.29, 0.717) is 4.99 Å². The van der Waals surface area contributed by atoms with Crippen molar-refractivity contribution in [1.29, 1.82) is 0 Å². The van der Waals surface area contributed by atoms with Crippen molar-refractivity contribution < 1.29 is 0 Å². The molecule has 2 nitrogen and oxygen atoms in total. The fourth-order valence-corrected chi connectivity index (χ4v) is 3.17. The van der Waals surface area contributed by atoms with Crippen LogP contribution in [0.15, 0.2) is 24.3 Å². The average Bonchev–Trinajstić information content (AvgIpc) is 2.74. The summed E-state index contributed by atoms with van der Waals surface area (Å²) >= 11 is 6.73.